The van der Waals surface area contributed by atoms with Crippen LogP contribution in [0.2, 0.25) is 5.02 Å². The second-order valence-corrected chi connectivity index (χ2v) is 4.77. The van der Waals surface area contributed by atoms with Gasteiger partial charge < -0.3 is 4.74 Å². The number of hydrogen-bond acceptors (Lipinski definition) is 3. The molecule has 17 heavy (non-hydrogen) atoms. The molecule has 0 unspecified atom stereocenters. The molecule has 1 aromatic rings. The van der Waals surface area contributed by atoms with E-state index in [0.717, 1.165) is 10.5 Å². The Morgan fingerprint density at radius 2 is 1.94 bits per heavy atom. The lowest BCUT2D eigenvalue weighted by Gasteiger charge is -2.14. The van der Waals surface area contributed by atoms with Gasteiger partial charge in [0.25, 0.3) is 5.91 Å². The SMILES string of the molecule is CC1(C)OC(=O)N(Cc2ccccc2Cl)C1=O. The average Bonchev–Trinajstić information content (AvgIpc) is 2.43. The van der Waals surface area contributed by atoms with E-state index in [2.05, 4.69) is 0 Å². The van der Waals surface area contributed by atoms with E-state index in [1.165, 1.54) is 0 Å². The largest absolute Gasteiger partial charge is 0.433 e. The van der Waals surface area contributed by atoms with Crippen LogP contribution in [0.5, 0.6) is 0 Å². The van der Waals surface area contributed by atoms with Crippen molar-refractivity contribution in [3.8, 4) is 0 Å². The first-order valence-corrected chi connectivity index (χ1v) is 5.58. The summed E-state index contributed by atoms with van der Waals surface area (Å²) in [5.74, 6) is -0.345. The summed E-state index contributed by atoms with van der Waals surface area (Å²) in [5.41, 5.74) is -0.365. The number of imide groups is 1. The van der Waals surface area contributed by atoms with Crippen LogP contribution in [0.25, 0.3) is 0 Å². The summed E-state index contributed by atoms with van der Waals surface area (Å²) in [6, 6.07) is 7.08. The first kappa shape index (κ1) is 11.9. The van der Waals surface area contributed by atoms with Crippen LogP contribution in [-0.4, -0.2) is 22.5 Å². The van der Waals surface area contributed by atoms with Crippen molar-refractivity contribution in [1.82, 2.24) is 4.90 Å². The maximum absolute atomic E-state index is 11.9. The highest BCUT2D eigenvalue weighted by molar-refractivity contribution is 6.31. The van der Waals surface area contributed by atoms with Crippen LogP contribution < -0.4 is 0 Å². The fraction of sp³-hybridized carbons (Fsp3) is 0.333. The van der Waals surface area contributed by atoms with Crippen LogP contribution in [0.4, 0.5) is 4.79 Å². The highest BCUT2D eigenvalue weighted by atomic mass is 35.5. The lowest BCUT2D eigenvalue weighted by atomic mass is 10.1. The quantitative estimate of drug-likeness (QED) is 0.814. The van der Waals surface area contributed by atoms with Crippen LogP contribution in [0.1, 0.15) is 19.4 Å². The minimum Gasteiger partial charge on any atom is -0.433 e. The molecule has 4 nitrogen and oxygen atoms in total. The minimum absolute atomic E-state index is 0.140. The number of rotatable bonds is 2. The molecule has 5 heteroatoms. The number of ether oxygens (including phenoxy) is 1. The summed E-state index contributed by atoms with van der Waals surface area (Å²) in [7, 11) is 0. The standard InChI is InChI=1S/C12H12ClNO3/c1-12(2)10(15)14(11(16)17-12)7-8-5-3-4-6-9(8)13/h3-6H,7H2,1-2H3. The topological polar surface area (TPSA) is 46.6 Å². The zero-order valence-corrected chi connectivity index (χ0v) is 10.3. The van der Waals surface area contributed by atoms with Gasteiger partial charge in [0.15, 0.2) is 5.60 Å². The summed E-state index contributed by atoms with van der Waals surface area (Å²) >= 11 is 5.98. The fourth-order valence-corrected chi connectivity index (χ4v) is 1.85. The first-order valence-electron chi connectivity index (χ1n) is 5.20. The Balaban J connectivity index is 2.23. The van der Waals surface area contributed by atoms with Crippen molar-refractivity contribution in [2.45, 2.75) is 26.0 Å². The third-order valence-corrected chi connectivity index (χ3v) is 2.98. The van der Waals surface area contributed by atoms with Crippen LogP contribution in [0.3, 0.4) is 0 Å². The number of cyclic esters (lactones) is 1. The Morgan fingerprint density at radius 3 is 2.47 bits per heavy atom. The molecule has 2 rings (SSSR count). The molecule has 0 aromatic heterocycles. The van der Waals surface area contributed by atoms with E-state index in [1.54, 1.807) is 38.1 Å². The number of carbonyl (C=O) groups excluding carboxylic acids is 2. The predicted molar refractivity (Wildman–Crippen MR) is 62.6 cm³/mol. The minimum atomic E-state index is -1.08. The Kier molecular flexibility index (Phi) is 2.83. The van der Waals surface area contributed by atoms with Gasteiger partial charge in [0.05, 0.1) is 6.54 Å². The molecule has 1 saturated heterocycles. The molecule has 0 saturated carbocycles. The molecule has 0 radical (unpaired) electrons. The van der Waals surface area contributed by atoms with Crippen molar-refractivity contribution < 1.29 is 14.3 Å². The maximum Gasteiger partial charge on any atom is 0.418 e. The van der Waals surface area contributed by atoms with Gasteiger partial charge in [-0.3, -0.25) is 4.79 Å². The van der Waals surface area contributed by atoms with E-state index in [-0.39, 0.29) is 12.5 Å². The highest BCUT2D eigenvalue weighted by Crippen LogP contribution is 2.26. The number of halogens is 1. The van der Waals surface area contributed by atoms with Gasteiger partial charge in [0.2, 0.25) is 0 Å². The monoisotopic (exact) mass is 253 g/mol. The zero-order valence-electron chi connectivity index (χ0n) is 9.57. The smallest absolute Gasteiger partial charge is 0.418 e. The second kappa shape index (κ2) is 4.04. The third kappa shape index (κ3) is 2.13. The van der Waals surface area contributed by atoms with Crippen LogP contribution in [0, 0.1) is 0 Å². The molecule has 0 bridgehead atoms. The number of hydrogen-bond donors (Lipinski definition) is 0. The van der Waals surface area contributed by atoms with Crippen molar-refractivity contribution in [1.29, 1.82) is 0 Å². The molecule has 0 N–H and O–H groups in total. The van der Waals surface area contributed by atoms with Crippen LogP contribution >= 0.6 is 11.6 Å². The number of amides is 2. The molecule has 0 aliphatic carbocycles. The molecule has 1 fully saturated rings. The molecule has 2 amide bonds. The van der Waals surface area contributed by atoms with Gasteiger partial charge in [-0.1, -0.05) is 29.8 Å². The van der Waals surface area contributed by atoms with Crippen LogP contribution in [-0.2, 0) is 16.1 Å². The Bertz CT molecular complexity index is 484. The Morgan fingerprint density at radius 1 is 1.29 bits per heavy atom. The number of benzene rings is 1. The summed E-state index contributed by atoms with van der Waals surface area (Å²) in [6.45, 7) is 3.28. The van der Waals surface area contributed by atoms with Crippen molar-refractivity contribution >= 4 is 23.6 Å². The summed E-state index contributed by atoms with van der Waals surface area (Å²) in [5, 5.41) is 0.526. The lowest BCUT2D eigenvalue weighted by molar-refractivity contribution is -0.134. The van der Waals surface area contributed by atoms with E-state index >= 15 is 0 Å². The molecule has 1 heterocycles. The summed E-state index contributed by atoms with van der Waals surface area (Å²) in [6.07, 6.45) is -0.625. The number of nitrogens with zero attached hydrogens (tertiary/aromatic N) is 1. The van der Waals surface area contributed by atoms with Gasteiger partial charge in [0.1, 0.15) is 0 Å². The lowest BCUT2D eigenvalue weighted by Crippen LogP contribution is -2.35. The van der Waals surface area contributed by atoms with E-state index in [4.69, 9.17) is 16.3 Å². The summed E-state index contributed by atoms with van der Waals surface area (Å²) < 4.78 is 4.98. The normalized spacial score (nSPS) is 18.4. The molecular weight excluding hydrogens is 242 g/mol. The first-order chi connectivity index (χ1) is 7.92. The van der Waals surface area contributed by atoms with Gasteiger partial charge in [-0.05, 0) is 25.5 Å². The third-order valence-electron chi connectivity index (χ3n) is 2.61. The molecule has 0 spiro atoms. The van der Waals surface area contributed by atoms with Gasteiger partial charge in [-0.15, -0.1) is 0 Å². The van der Waals surface area contributed by atoms with Crippen molar-refractivity contribution in [2.24, 2.45) is 0 Å². The van der Waals surface area contributed by atoms with Gasteiger partial charge in [0, 0.05) is 5.02 Å². The Labute approximate surface area is 104 Å². The predicted octanol–water partition coefficient (Wildman–Crippen LogP) is 2.60. The molecule has 0 atom stereocenters. The molecule has 1 aliphatic heterocycles. The summed E-state index contributed by atoms with van der Waals surface area (Å²) in [4.78, 5) is 24.5. The van der Waals surface area contributed by atoms with Crippen LogP contribution in [0.15, 0.2) is 24.3 Å². The van der Waals surface area contributed by atoms with E-state index in [0.29, 0.717) is 5.02 Å². The van der Waals surface area contributed by atoms with E-state index in [9.17, 15) is 9.59 Å². The van der Waals surface area contributed by atoms with Crippen molar-refractivity contribution in [3.63, 3.8) is 0 Å². The molecule has 1 aliphatic rings. The van der Waals surface area contributed by atoms with Crippen molar-refractivity contribution in [2.75, 3.05) is 0 Å². The highest BCUT2D eigenvalue weighted by Gasteiger charge is 2.46. The Hall–Kier alpha value is -1.55. The van der Waals surface area contributed by atoms with E-state index in [1.807, 2.05) is 0 Å². The molecule has 90 valence electrons. The van der Waals surface area contributed by atoms with Gasteiger partial charge in [-0.2, -0.15) is 0 Å². The molecular formula is C12H12ClNO3. The molecule has 1 aromatic carbocycles. The zero-order chi connectivity index (χ0) is 12.6. The van der Waals surface area contributed by atoms with E-state index < -0.39 is 11.7 Å². The van der Waals surface area contributed by atoms with Crippen molar-refractivity contribution in [3.05, 3.63) is 34.9 Å². The van der Waals surface area contributed by atoms with Gasteiger partial charge >= 0.3 is 6.09 Å². The number of carbonyl (C=O) groups is 2. The maximum atomic E-state index is 11.9. The second-order valence-electron chi connectivity index (χ2n) is 4.36. The average molecular weight is 254 g/mol. The fourth-order valence-electron chi connectivity index (χ4n) is 1.66. The van der Waals surface area contributed by atoms with Gasteiger partial charge in [-0.25, -0.2) is 9.69 Å².